The lowest BCUT2D eigenvalue weighted by molar-refractivity contribution is 0.571. The molecule has 2 rings (SSSR count). The van der Waals surface area contributed by atoms with E-state index < -0.39 is 25.9 Å². The summed E-state index contributed by atoms with van der Waals surface area (Å²) in [5.74, 6) is -0.0754. The third-order valence-electron chi connectivity index (χ3n) is 2.80. The maximum Gasteiger partial charge on any atom is 0.234 e. The normalized spacial score (nSPS) is 22.8. The summed E-state index contributed by atoms with van der Waals surface area (Å²) in [6.45, 7) is 0. The molecule has 0 aliphatic carbocycles. The zero-order valence-corrected chi connectivity index (χ0v) is 11.8. The van der Waals surface area contributed by atoms with Crippen molar-refractivity contribution in [2.75, 3.05) is 11.5 Å². The Balaban J connectivity index is 2.02. The van der Waals surface area contributed by atoms with E-state index in [9.17, 15) is 16.8 Å². The van der Waals surface area contributed by atoms with Crippen LogP contribution in [0.15, 0.2) is 35.7 Å². The molecule has 104 valence electrons. The van der Waals surface area contributed by atoms with Crippen molar-refractivity contribution in [3.05, 3.63) is 41.3 Å². The molecule has 0 saturated carbocycles. The average Bonchev–Trinajstić information content (AvgIpc) is 2.67. The van der Waals surface area contributed by atoms with E-state index in [1.165, 1.54) is 6.08 Å². The molecule has 7 heteroatoms. The van der Waals surface area contributed by atoms with Crippen LogP contribution in [-0.4, -0.2) is 34.4 Å². The molecule has 19 heavy (non-hydrogen) atoms. The van der Waals surface area contributed by atoms with Gasteiger partial charge in [0.1, 0.15) is 0 Å². The highest BCUT2D eigenvalue weighted by Gasteiger charge is 2.30. The Hall–Kier alpha value is -1.18. The second kappa shape index (κ2) is 5.44. The zero-order chi connectivity index (χ0) is 13.9. The minimum Gasteiger partial charge on any atom is -0.229 e. The molecule has 0 radical (unpaired) electrons. The third-order valence-corrected chi connectivity index (χ3v) is 5.73. The van der Waals surface area contributed by atoms with Gasteiger partial charge < -0.3 is 0 Å². The molecule has 5 nitrogen and oxygen atoms in total. The van der Waals surface area contributed by atoms with Crippen molar-refractivity contribution in [2.24, 2.45) is 0 Å². The van der Waals surface area contributed by atoms with Crippen molar-refractivity contribution >= 4 is 25.9 Å². The number of sulfone groups is 1. The highest BCUT2D eigenvalue weighted by molar-refractivity contribution is 7.93. The van der Waals surface area contributed by atoms with Crippen molar-refractivity contribution < 1.29 is 16.8 Å². The summed E-state index contributed by atoms with van der Waals surface area (Å²) in [5, 5.41) is 1.06. The number of rotatable bonds is 4. The molecule has 1 atom stereocenters. The van der Waals surface area contributed by atoms with Crippen molar-refractivity contribution in [3.8, 4) is 0 Å². The van der Waals surface area contributed by atoms with Gasteiger partial charge in [0.05, 0.1) is 11.5 Å². The van der Waals surface area contributed by atoms with Gasteiger partial charge in [0.15, 0.2) is 9.84 Å². The van der Waals surface area contributed by atoms with Crippen molar-refractivity contribution in [3.63, 3.8) is 0 Å². The van der Waals surface area contributed by atoms with Crippen LogP contribution in [0, 0.1) is 0 Å². The predicted octanol–water partition coefficient (Wildman–Crippen LogP) is 0.764. The zero-order valence-electron chi connectivity index (χ0n) is 10.2. The first-order valence-electron chi connectivity index (χ1n) is 5.82. The molecule has 1 heterocycles. The first kappa shape index (κ1) is 14.2. The van der Waals surface area contributed by atoms with Crippen LogP contribution in [0.5, 0.6) is 0 Å². The van der Waals surface area contributed by atoms with Crippen LogP contribution in [0.1, 0.15) is 12.0 Å². The summed E-state index contributed by atoms with van der Waals surface area (Å²) in [4.78, 5) is 0. The monoisotopic (exact) mass is 301 g/mol. The van der Waals surface area contributed by atoms with Crippen LogP contribution in [0.2, 0.25) is 0 Å². The van der Waals surface area contributed by atoms with Crippen LogP contribution in [-0.2, 0) is 19.9 Å². The summed E-state index contributed by atoms with van der Waals surface area (Å²) in [5.41, 5.74) is 0.770. The summed E-state index contributed by atoms with van der Waals surface area (Å²) in [6, 6.07) is 8.51. The lowest BCUT2D eigenvalue weighted by Gasteiger charge is -2.08. The Labute approximate surface area is 113 Å². The predicted molar refractivity (Wildman–Crippen MR) is 74.6 cm³/mol. The Morgan fingerprint density at radius 2 is 1.89 bits per heavy atom. The fourth-order valence-electron chi connectivity index (χ4n) is 1.89. The summed E-state index contributed by atoms with van der Waals surface area (Å²) in [6.07, 6.45) is 1.81. The standard InChI is InChI=1S/C12H15NO4S2/c14-18(15)8-7-12(10-18)13-19(16,17)9-6-11-4-2-1-3-5-11/h1-6,9,12-13H,7-8,10H2/b9-6+/t12-/m1/s1. The SMILES string of the molecule is O=S1(=O)CC[C@@H](NS(=O)(=O)/C=C/c2ccccc2)C1. The molecule has 1 aromatic carbocycles. The quantitative estimate of drug-likeness (QED) is 0.890. The lowest BCUT2D eigenvalue weighted by atomic mass is 10.2. The lowest BCUT2D eigenvalue weighted by Crippen LogP contribution is -2.34. The van der Waals surface area contributed by atoms with E-state index in [0.29, 0.717) is 6.42 Å². The van der Waals surface area contributed by atoms with Crippen molar-refractivity contribution in [2.45, 2.75) is 12.5 Å². The van der Waals surface area contributed by atoms with E-state index in [1.807, 2.05) is 18.2 Å². The number of benzene rings is 1. The van der Waals surface area contributed by atoms with Gasteiger partial charge in [0, 0.05) is 11.4 Å². The molecule has 0 bridgehead atoms. The molecule has 1 aliphatic rings. The van der Waals surface area contributed by atoms with E-state index in [2.05, 4.69) is 4.72 Å². The smallest absolute Gasteiger partial charge is 0.229 e. The third kappa shape index (κ3) is 4.45. The molecule has 1 aliphatic heterocycles. The maximum absolute atomic E-state index is 11.8. The molecular weight excluding hydrogens is 286 g/mol. The molecule has 1 saturated heterocycles. The highest BCUT2D eigenvalue weighted by atomic mass is 32.2. The first-order chi connectivity index (χ1) is 8.86. The second-order valence-corrected chi connectivity index (χ2v) is 8.30. The van der Waals surface area contributed by atoms with Crippen LogP contribution in [0.4, 0.5) is 0 Å². The molecular formula is C12H15NO4S2. The van der Waals surface area contributed by atoms with E-state index in [-0.39, 0.29) is 11.5 Å². The van der Waals surface area contributed by atoms with Crippen LogP contribution >= 0.6 is 0 Å². The molecule has 0 spiro atoms. The van der Waals surface area contributed by atoms with Crippen LogP contribution in [0.25, 0.3) is 6.08 Å². The summed E-state index contributed by atoms with van der Waals surface area (Å²) in [7, 11) is -6.69. The molecule has 0 amide bonds. The summed E-state index contributed by atoms with van der Waals surface area (Å²) < 4.78 is 48.5. The molecule has 1 aromatic rings. The van der Waals surface area contributed by atoms with E-state index in [1.54, 1.807) is 12.1 Å². The Kier molecular flexibility index (Phi) is 4.07. The number of nitrogens with one attached hydrogen (secondary N) is 1. The average molecular weight is 301 g/mol. The fourth-order valence-corrected chi connectivity index (χ4v) is 4.75. The number of hydrogen-bond acceptors (Lipinski definition) is 4. The van der Waals surface area contributed by atoms with E-state index >= 15 is 0 Å². The summed E-state index contributed by atoms with van der Waals surface area (Å²) >= 11 is 0. The number of sulfonamides is 1. The molecule has 0 unspecified atom stereocenters. The largest absolute Gasteiger partial charge is 0.234 e. The Bertz CT molecular complexity index is 663. The van der Waals surface area contributed by atoms with E-state index in [4.69, 9.17) is 0 Å². The minimum atomic E-state index is -3.61. The van der Waals surface area contributed by atoms with Gasteiger partial charge in [-0.1, -0.05) is 30.3 Å². The topological polar surface area (TPSA) is 80.3 Å². The van der Waals surface area contributed by atoms with Gasteiger partial charge in [-0.2, -0.15) is 0 Å². The molecule has 1 fully saturated rings. The fraction of sp³-hybridized carbons (Fsp3) is 0.333. The molecule has 1 N–H and O–H groups in total. The first-order valence-corrected chi connectivity index (χ1v) is 9.19. The van der Waals surface area contributed by atoms with Crippen LogP contribution in [0.3, 0.4) is 0 Å². The number of hydrogen-bond donors (Lipinski definition) is 1. The van der Waals surface area contributed by atoms with E-state index in [0.717, 1.165) is 11.0 Å². The van der Waals surface area contributed by atoms with Gasteiger partial charge in [-0.25, -0.2) is 21.6 Å². The highest BCUT2D eigenvalue weighted by Crippen LogP contribution is 2.13. The Morgan fingerprint density at radius 1 is 1.21 bits per heavy atom. The maximum atomic E-state index is 11.8. The van der Waals surface area contributed by atoms with Crippen LogP contribution < -0.4 is 4.72 Å². The minimum absolute atomic E-state index is 0.0442. The van der Waals surface area contributed by atoms with Gasteiger partial charge in [0.25, 0.3) is 0 Å². The van der Waals surface area contributed by atoms with Crippen molar-refractivity contribution in [1.29, 1.82) is 0 Å². The molecule has 0 aromatic heterocycles. The van der Waals surface area contributed by atoms with Gasteiger partial charge in [-0.3, -0.25) is 0 Å². The Morgan fingerprint density at radius 3 is 2.47 bits per heavy atom. The van der Waals surface area contributed by atoms with Gasteiger partial charge in [0.2, 0.25) is 10.0 Å². The van der Waals surface area contributed by atoms with Gasteiger partial charge in [-0.15, -0.1) is 0 Å². The van der Waals surface area contributed by atoms with Crippen molar-refractivity contribution in [1.82, 2.24) is 4.72 Å². The van der Waals surface area contributed by atoms with Gasteiger partial charge in [-0.05, 0) is 18.1 Å². The second-order valence-electron chi connectivity index (χ2n) is 4.48. The van der Waals surface area contributed by atoms with Gasteiger partial charge >= 0.3 is 0 Å².